The van der Waals surface area contributed by atoms with E-state index in [0.717, 1.165) is 54.1 Å². The average molecular weight is 478 g/mol. The second-order valence-corrected chi connectivity index (χ2v) is 12.6. The average Bonchev–Trinajstić information content (AvgIpc) is 3.28. The van der Waals surface area contributed by atoms with E-state index in [9.17, 15) is 4.57 Å². The maximum Gasteiger partial charge on any atom is 0.211 e. The summed E-state index contributed by atoms with van der Waals surface area (Å²) in [5, 5.41) is 7.56. The maximum absolute atomic E-state index is 12.9. The smallest absolute Gasteiger partial charge is 0.211 e. The SMILES string of the molecule is CN1CCN(c2ccc(C3(N)N=C(Nc4ccccc4P(C)(C)=O)c4[nH]ccc4N3)cc2)CC1. The third kappa shape index (κ3) is 4.37. The van der Waals surface area contributed by atoms with Crippen LogP contribution in [-0.2, 0) is 10.4 Å². The summed E-state index contributed by atoms with van der Waals surface area (Å²) in [7, 11) is -0.332. The van der Waals surface area contributed by atoms with Crippen molar-refractivity contribution in [1.82, 2.24) is 9.88 Å². The van der Waals surface area contributed by atoms with Gasteiger partial charge in [0.1, 0.15) is 12.8 Å². The van der Waals surface area contributed by atoms with E-state index in [4.69, 9.17) is 10.7 Å². The number of aromatic amines is 1. The fraction of sp³-hybridized carbons (Fsp3) is 0.320. The van der Waals surface area contributed by atoms with Gasteiger partial charge in [0.25, 0.3) is 0 Å². The van der Waals surface area contributed by atoms with Crippen LogP contribution in [0.4, 0.5) is 17.1 Å². The number of rotatable bonds is 4. The molecule has 0 radical (unpaired) electrons. The normalized spacial score (nSPS) is 20.9. The van der Waals surface area contributed by atoms with Crippen molar-refractivity contribution in [3.05, 3.63) is 72.1 Å². The number of piperazine rings is 1. The molecule has 1 fully saturated rings. The third-order valence-electron chi connectivity index (χ3n) is 6.51. The highest BCUT2D eigenvalue weighted by atomic mass is 31.2. The van der Waals surface area contributed by atoms with Crippen molar-refractivity contribution in [3.63, 3.8) is 0 Å². The van der Waals surface area contributed by atoms with Crippen LogP contribution in [0.2, 0.25) is 0 Å². The molecule has 8 nitrogen and oxygen atoms in total. The summed E-state index contributed by atoms with van der Waals surface area (Å²) in [5.41, 5.74) is 11.3. The molecule has 0 saturated carbocycles. The van der Waals surface area contributed by atoms with Gasteiger partial charge in [0.15, 0.2) is 5.84 Å². The van der Waals surface area contributed by atoms with Gasteiger partial charge >= 0.3 is 0 Å². The van der Waals surface area contributed by atoms with Gasteiger partial charge in [0.2, 0.25) is 5.79 Å². The van der Waals surface area contributed by atoms with Crippen LogP contribution >= 0.6 is 7.14 Å². The van der Waals surface area contributed by atoms with E-state index in [1.165, 1.54) is 5.69 Å². The number of amidine groups is 1. The van der Waals surface area contributed by atoms with Gasteiger partial charge in [-0.1, -0.05) is 24.3 Å². The van der Waals surface area contributed by atoms with Crippen molar-refractivity contribution < 1.29 is 4.57 Å². The van der Waals surface area contributed by atoms with Crippen molar-refractivity contribution in [2.45, 2.75) is 5.79 Å². The Bertz CT molecular complexity index is 1250. The largest absolute Gasteiger partial charge is 0.369 e. The van der Waals surface area contributed by atoms with Crippen LogP contribution in [0, 0.1) is 0 Å². The van der Waals surface area contributed by atoms with Crippen LogP contribution < -0.4 is 26.6 Å². The van der Waals surface area contributed by atoms with Crippen molar-refractivity contribution in [1.29, 1.82) is 0 Å². The fourth-order valence-corrected chi connectivity index (χ4v) is 5.69. The molecule has 1 unspecified atom stereocenters. The van der Waals surface area contributed by atoms with E-state index in [-0.39, 0.29) is 0 Å². The number of aliphatic imine (C=N–C) groups is 1. The molecule has 1 atom stereocenters. The molecule has 0 aliphatic carbocycles. The number of hydrogen-bond acceptors (Lipinski definition) is 7. The number of para-hydroxylation sites is 1. The number of fused-ring (bicyclic) bond motifs is 1. The maximum atomic E-state index is 12.9. The topological polar surface area (TPSA) is 102 Å². The summed E-state index contributed by atoms with van der Waals surface area (Å²) in [5.74, 6) is -0.541. The Labute approximate surface area is 200 Å². The molecule has 178 valence electrons. The number of benzene rings is 2. The van der Waals surface area contributed by atoms with Crippen LogP contribution in [0.1, 0.15) is 11.3 Å². The molecule has 9 heteroatoms. The van der Waals surface area contributed by atoms with Crippen molar-refractivity contribution in [2.75, 3.05) is 62.1 Å². The van der Waals surface area contributed by atoms with Gasteiger partial charge < -0.3 is 30.0 Å². The quantitative estimate of drug-likeness (QED) is 0.431. The summed E-state index contributed by atoms with van der Waals surface area (Å²) in [6.45, 7) is 7.69. The van der Waals surface area contributed by atoms with E-state index < -0.39 is 12.9 Å². The Balaban J connectivity index is 1.47. The Morgan fingerprint density at radius 2 is 1.74 bits per heavy atom. The molecule has 34 heavy (non-hydrogen) atoms. The molecule has 3 aromatic rings. The number of aromatic nitrogens is 1. The van der Waals surface area contributed by atoms with Crippen LogP contribution in [0.15, 0.2) is 65.8 Å². The molecule has 2 aromatic carbocycles. The summed E-state index contributed by atoms with van der Waals surface area (Å²) in [6, 6.07) is 17.9. The molecular formula is C25H32N7OP. The lowest BCUT2D eigenvalue weighted by Crippen LogP contribution is -2.47. The molecule has 1 saturated heterocycles. The molecule has 2 aliphatic rings. The summed E-state index contributed by atoms with van der Waals surface area (Å²) >= 11 is 0. The number of anilines is 3. The molecule has 1 aromatic heterocycles. The lowest BCUT2D eigenvalue weighted by molar-refractivity contribution is 0.313. The highest BCUT2D eigenvalue weighted by Crippen LogP contribution is 2.38. The third-order valence-corrected chi connectivity index (χ3v) is 8.06. The Kier molecular flexibility index (Phi) is 5.76. The summed E-state index contributed by atoms with van der Waals surface area (Å²) in [4.78, 5) is 12.9. The minimum absolute atomic E-state index is 0.602. The van der Waals surface area contributed by atoms with Crippen LogP contribution in [-0.4, -0.2) is 62.3 Å². The fourth-order valence-electron chi connectivity index (χ4n) is 4.53. The Hall–Kier alpha value is -3.06. The predicted octanol–water partition coefficient (Wildman–Crippen LogP) is 3.07. The standard InChI is InChI=1S/C25H32N7OP/c1-31-14-16-32(17-15-31)19-10-8-18(9-11-19)25(26)29-21-12-13-27-23(21)24(30-25)28-20-6-4-5-7-22(20)34(2,3)33/h4-13,27,29H,14-17,26H2,1-3H3,(H,28,30). The molecule has 5 rings (SSSR count). The zero-order valence-corrected chi connectivity index (χ0v) is 20.8. The molecule has 3 heterocycles. The predicted molar refractivity (Wildman–Crippen MR) is 142 cm³/mol. The zero-order chi connectivity index (χ0) is 23.9. The van der Waals surface area contributed by atoms with Gasteiger partial charge in [0, 0.05) is 48.9 Å². The molecule has 0 spiro atoms. The summed E-state index contributed by atoms with van der Waals surface area (Å²) < 4.78 is 12.9. The number of H-pyrrole nitrogens is 1. The number of hydrogen-bond donors (Lipinski definition) is 4. The number of nitrogens with zero attached hydrogens (tertiary/aromatic N) is 3. The van der Waals surface area contributed by atoms with Crippen molar-refractivity contribution in [2.24, 2.45) is 10.7 Å². The molecule has 5 N–H and O–H groups in total. The minimum Gasteiger partial charge on any atom is -0.369 e. The van der Waals surface area contributed by atoms with Gasteiger partial charge in [-0.25, -0.2) is 4.99 Å². The Morgan fingerprint density at radius 1 is 1.03 bits per heavy atom. The van der Waals surface area contributed by atoms with Gasteiger partial charge in [-0.2, -0.15) is 0 Å². The molecule has 0 bridgehead atoms. The van der Waals surface area contributed by atoms with Crippen molar-refractivity contribution in [3.8, 4) is 0 Å². The number of likely N-dealkylation sites (N-methyl/N-ethyl adjacent to an activating group) is 1. The number of nitrogens with two attached hydrogens (primary N) is 1. The van der Waals surface area contributed by atoms with E-state index >= 15 is 0 Å². The summed E-state index contributed by atoms with van der Waals surface area (Å²) in [6.07, 6.45) is 1.85. The van der Waals surface area contributed by atoms with Gasteiger partial charge in [-0.15, -0.1) is 0 Å². The molecule has 0 amide bonds. The Morgan fingerprint density at radius 3 is 2.44 bits per heavy atom. The van der Waals surface area contributed by atoms with E-state index in [2.05, 4.69) is 44.6 Å². The minimum atomic E-state index is -2.49. The van der Waals surface area contributed by atoms with E-state index in [1.54, 1.807) is 13.3 Å². The highest BCUT2D eigenvalue weighted by molar-refractivity contribution is 7.70. The molecular weight excluding hydrogens is 445 g/mol. The highest BCUT2D eigenvalue weighted by Gasteiger charge is 2.34. The van der Waals surface area contributed by atoms with Gasteiger partial charge in [-0.3, -0.25) is 5.73 Å². The second-order valence-electron chi connectivity index (χ2n) is 9.45. The van der Waals surface area contributed by atoms with Crippen LogP contribution in [0.3, 0.4) is 0 Å². The first-order valence-electron chi connectivity index (χ1n) is 11.5. The van der Waals surface area contributed by atoms with Gasteiger partial charge in [0.05, 0.1) is 11.4 Å². The van der Waals surface area contributed by atoms with Crippen LogP contribution in [0.5, 0.6) is 0 Å². The van der Waals surface area contributed by atoms with E-state index in [0.29, 0.717) is 5.84 Å². The lowest BCUT2D eigenvalue weighted by Gasteiger charge is -2.35. The first kappa shape index (κ1) is 22.7. The second kappa shape index (κ2) is 8.62. The van der Waals surface area contributed by atoms with Crippen LogP contribution in [0.25, 0.3) is 0 Å². The number of nitrogens with one attached hydrogen (secondary N) is 3. The first-order valence-corrected chi connectivity index (χ1v) is 14.1. The monoisotopic (exact) mass is 477 g/mol. The van der Waals surface area contributed by atoms with E-state index in [1.807, 2.05) is 48.7 Å². The van der Waals surface area contributed by atoms with Crippen molar-refractivity contribution >= 4 is 35.3 Å². The van der Waals surface area contributed by atoms with Gasteiger partial charge in [-0.05, 0) is 50.7 Å². The first-order chi connectivity index (χ1) is 16.2. The lowest BCUT2D eigenvalue weighted by atomic mass is 10.0. The molecule has 2 aliphatic heterocycles. The zero-order valence-electron chi connectivity index (χ0n) is 19.9.